The second-order valence-electron chi connectivity index (χ2n) is 18.7. The van der Waals surface area contributed by atoms with Crippen molar-refractivity contribution in [3.63, 3.8) is 0 Å². The monoisotopic (exact) mass is 1140 g/mol. The van der Waals surface area contributed by atoms with Crippen molar-refractivity contribution in [3.8, 4) is 23.0 Å². The molecule has 0 saturated carbocycles. The zero-order chi connectivity index (χ0) is 56.6. The van der Waals surface area contributed by atoms with Gasteiger partial charge in [-0.2, -0.15) is 8.61 Å². The maximum atomic E-state index is 14.1. The lowest BCUT2D eigenvalue weighted by atomic mass is 10.2. The van der Waals surface area contributed by atoms with E-state index >= 15 is 0 Å². The summed E-state index contributed by atoms with van der Waals surface area (Å²) in [7, 11) is -8.52. The SMILES string of the molecule is C=CCC[C@@H](CCS(=O)(=O)Cc1ccccc1)S(=O)(=O)N(Cc1ccc(OC)cc1)Cc1ccc(OC)cc1.C=CCC[C@H](CCS(=O)(=O)Cc1ccccc1)S(=O)(=O)N(Cc1ccc(OC)cc1)Cc1ccc(OC)cc1. The lowest BCUT2D eigenvalue weighted by molar-refractivity contribution is 0.387. The Morgan fingerprint density at radius 3 is 0.859 bits per heavy atom. The molecule has 0 aliphatic heterocycles. The van der Waals surface area contributed by atoms with Gasteiger partial charge in [-0.05, 0) is 120 Å². The van der Waals surface area contributed by atoms with E-state index in [1.165, 1.54) is 8.61 Å². The van der Waals surface area contributed by atoms with E-state index in [-0.39, 0.29) is 74.9 Å². The van der Waals surface area contributed by atoms with Crippen molar-refractivity contribution in [1.82, 2.24) is 8.61 Å². The van der Waals surface area contributed by atoms with E-state index in [0.29, 0.717) is 47.0 Å². The molecular weight excluding hydrogens is 1070 g/mol. The summed E-state index contributed by atoms with van der Waals surface area (Å²) in [5.41, 5.74) is 4.56. The summed E-state index contributed by atoms with van der Waals surface area (Å²) in [5.74, 6) is 2.02. The quantitative estimate of drug-likeness (QED) is 0.0365. The second kappa shape index (κ2) is 30.8. The van der Waals surface area contributed by atoms with Crippen LogP contribution in [0.15, 0.2) is 183 Å². The number of nitrogens with zero attached hydrogens (tertiary/aromatic N) is 2. The number of rotatable bonds is 32. The van der Waals surface area contributed by atoms with E-state index in [4.69, 9.17) is 18.9 Å². The number of ether oxygens (including phenoxy) is 4. The molecule has 2 atom stereocenters. The number of allylic oxidation sites excluding steroid dienone is 2. The van der Waals surface area contributed by atoms with Crippen LogP contribution in [-0.2, 0) is 77.4 Å². The van der Waals surface area contributed by atoms with Gasteiger partial charge in [-0.15, -0.1) is 13.2 Å². The highest BCUT2D eigenvalue weighted by Crippen LogP contribution is 2.28. The molecule has 0 aromatic heterocycles. The minimum absolute atomic E-state index is 0.00701. The maximum Gasteiger partial charge on any atom is 0.217 e. The van der Waals surface area contributed by atoms with Crippen LogP contribution >= 0.6 is 0 Å². The molecule has 0 radical (unpaired) electrons. The predicted octanol–water partition coefficient (Wildman–Crippen LogP) is 10.8. The molecule has 6 aromatic carbocycles. The maximum absolute atomic E-state index is 14.1. The highest BCUT2D eigenvalue weighted by molar-refractivity contribution is 7.91. The predicted molar refractivity (Wildman–Crippen MR) is 312 cm³/mol. The van der Waals surface area contributed by atoms with Gasteiger partial charge < -0.3 is 18.9 Å². The van der Waals surface area contributed by atoms with E-state index in [2.05, 4.69) is 13.2 Å². The van der Waals surface area contributed by atoms with Gasteiger partial charge in [-0.3, -0.25) is 0 Å². The number of benzene rings is 6. The van der Waals surface area contributed by atoms with Crippen molar-refractivity contribution in [2.24, 2.45) is 0 Å². The van der Waals surface area contributed by atoms with Crippen LogP contribution in [0.2, 0.25) is 0 Å². The molecule has 0 aliphatic rings. The Kier molecular flexibility index (Phi) is 24.7. The molecule has 0 heterocycles. The van der Waals surface area contributed by atoms with Crippen LogP contribution in [0, 0.1) is 0 Å². The lowest BCUT2D eigenvalue weighted by Crippen LogP contribution is -2.39. The van der Waals surface area contributed by atoms with E-state index < -0.39 is 50.2 Å². The first kappa shape index (κ1) is 62.6. The average Bonchev–Trinajstić information content (AvgIpc) is 3.45. The Hall–Kier alpha value is -6.28. The van der Waals surface area contributed by atoms with E-state index in [9.17, 15) is 33.7 Å². The number of hydrogen-bond acceptors (Lipinski definition) is 12. The molecule has 18 heteroatoms. The summed E-state index contributed by atoms with van der Waals surface area (Å²) >= 11 is 0. The Bertz CT molecular complexity index is 2900. The standard InChI is InChI=1S/2C30H37NO6S2/c2*1-4-5-11-30(20-21-38(32,33)24-27-9-7-6-8-10-27)39(34,35)31(22-25-12-16-28(36-2)17-13-25)23-26-14-18-29(37-3)19-15-26/h2*4,6-10,12-19,30H,1,5,11,20-24H2,2-3H3/t2*30-/m10/s1. The third-order valence-corrected chi connectivity index (χ3v) is 20.8. The van der Waals surface area contributed by atoms with E-state index in [1.54, 1.807) is 138 Å². The van der Waals surface area contributed by atoms with Gasteiger partial charge in [0.1, 0.15) is 23.0 Å². The van der Waals surface area contributed by atoms with Gasteiger partial charge in [0.05, 0.1) is 62.0 Å². The molecule has 420 valence electrons. The average molecular weight is 1140 g/mol. The summed E-state index contributed by atoms with van der Waals surface area (Å²) in [4.78, 5) is 0. The molecule has 0 saturated heterocycles. The second-order valence-corrected chi connectivity index (χ2v) is 27.5. The summed E-state index contributed by atoms with van der Waals surface area (Å²) < 4.78 is 132. The van der Waals surface area contributed by atoms with E-state index in [0.717, 1.165) is 22.3 Å². The Morgan fingerprint density at radius 2 is 0.628 bits per heavy atom. The number of methoxy groups -OCH3 is 4. The zero-order valence-electron chi connectivity index (χ0n) is 45.1. The molecule has 0 bridgehead atoms. The first-order chi connectivity index (χ1) is 37.3. The molecule has 78 heavy (non-hydrogen) atoms. The van der Waals surface area contributed by atoms with Crippen LogP contribution in [0.3, 0.4) is 0 Å². The first-order valence-electron chi connectivity index (χ1n) is 25.5. The Morgan fingerprint density at radius 1 is 0.372 bits per heavy atom. The van der Waals surface area contributed by atoms with Gasteiger partial charge in [0.15, 0.2) is 19.7 Å². The van der Waals surface area contributed by atoms with Gasteiger partial charge in [0.2, 0.25) is 20.0 Å². The van der Waals surface area contributed by atoms with Crippen molar-refractivity contribution in [1.29, 1.82) is 0 Å². The zero-order valence-corrected chi connectivity index (χ0v) is 48.3. The molecule has 6 rings (SSSR count). The number of hydrogen-bond donors (Lipinski definition) is 0. The van der Waals surface area contributed by atoms with Crippen LogP contribution < -0.4 is 18.9 Å². The van der Waals surface area contributed by atoms with Gasteiger partial charge in [-0.25, -0.2) is 33.7 Å². The minimum atomic E-state index is -3.90. The summed E-state index contributed by atoms with van der Waals surface area (Å²) in [6.45, 7) is 8.04. The van der Waals surface area contributed by atoms with Crippen LogP contribution in [-0.4, -0.2) is 92.7 Å². The topological polar surface area (TPSA) is 180 Å². The summed E-state index contributed by atoms with van der Waals surface area (Å²) in [5, 5.41) is -1.75. The van der Waals surface area contributed by atoms with E-state index in [1.807, 2.05) is 60.7 Å². The third-order valence-electron chi connectivity index (χ3n) is 13.0. The minimum Gasteiger partial charge on any atom is -0.497 e. The third kappa shape index (κ3) is 20.2. The highest BCUT2D eigenvalue weighted by atomic mass is 32.2. The van der Waals surface area contributed by atoms with Crippen molar-refractivity contribution < 1.29 is 52.6 Å². The number of sulfonamides is 2. The molecule has 0 unspecified atom stereocenters. The van der Waals surface area contributed by atoms with Crippen molar-refractivity contribution in [3.05, 3.63) is 216 Å². The summed E-state index contributed by atoms with van der Waals surface area (Å²) in [6, 6.07) is 46.8. The smallest absolute Gasteiger partial charge is 0.217 e. The normalized spacial score (nSPS) is 12.7. The van der Waals surface area contributed by atoms with Gasteiger partial charge in [0.25, 0.3) is 0 Å². The van der Waals surface area contributed by atoms with Crippen molar-refractivity contribution in [2.75, 3.05) is 39.9 Å². The molecule has 6 aromatic rings. The first-order valence-corrected chi connectivity index (χ1v) is 32.2. The van der Waals surface area contributed by atoms with Crippen molar-refractivity contribution >= 4 is 39.7 Å². The van der Waals surface area contributed by atoms with Crippen LogP contribution in [0.1, 0.15) is 71.9 Å². The van der Waals surface area contributed by atoms with Crippen molar-refractivity contribution in [2.45, 2.75) is 86.7 Å². The lowest BCUT2D eigenvalue weighted by Gasteiger charge is -2.28. The molecule has 0 amide bonds. The fourth-order valence-electron chi connectivity index (χ4n) is 8.55. The Balaban J connectivity index is 0.000000287. The van der Waals surface area contributed by atoms with Crippen LogP contribution in [0.25, 0.3) is 0 Å². The highest BCUT2D eigenvalue weighted by Gasteiger charge is 2.35. The van der Waals surface area contributed by atoms with Gasteiger partial charge >= 0.3 is 0 Å². The Labute approximate surface area is 464 Å². The van der Waals surface area contributed by atoms with Crippen LogP contribution in [0.4, 0.5) is 0 Å². The van der Waals surface area contributed by atoms with Crippen LogP contribution in [0.5, 0.6) is 23.0 Å². The molecule has 14 nitrogen and oxygen atoms in total. The fraction of sp³-hybridized carbons (Fsp3) is 0.333. The number of sulfone groups is 2. The summed E-state index contributed by atoms with van der Waals surface area (Å²) in [6.07, 6.45) is 4.84. The fourth-order valence-corrected chi connectivity index (χ4v) is 15.7. The molecule has 0 spiro atoms. The molecular formula is C60H74N2O12S4. The largest absolute Gasteiger partial charge is 0.497 e. The molecule has 0 N–H and O–H groups in total. The van der Waals surface area contributed by atoms with Gasteiger partial charge in [-0.1, -0.05) is 121 Å². The molecule has 0 aliphatic carbocycles. The molecule has 0 fully saturated rings. The van der Waals surface area contributed by atoms with Gasteiger partial charge in [0, 0.05) is 26.2 Å².